The maximum Gasteiger partial charge on any atom is 0.269 e. The van der Waals surface area contributed by atoms with Crippen molar-refractivity contribution < 1.29 is 19.4 Å². The minimum absolute atomic E-state index is 0.0198. The number of rotatable bonds is 9. The molecule has 0 fully saturated rings. The Morgan fingerprint density at radius 3 is 0.970 bits per heavy atom. The molecule has 0 unspecified atom stereocenters. The van der Waals surface area contributed by atoms with Crippen LogP contribution in [0.2, 0.25) is 0 Å². The van der Waals surface area contributed by atoms with Crippen LogP contribution in [0.1, 0.15) is 83.1 Å². The zero-order valence-electron chi connectivity index (χ0n) is 39.7. The third-order valence-corrected chi connectivity index (χ3v) is 11.3. The van der Waals surface area contributed by atoms with Gasteiger partial charge in [0.2, 0.25) is 0 Å². The van der Waals surface area contributed by atoms with Gasteiger partial charge >= 0.3 is 0 Å². The number of non-ortho nitro benzene ring substituents is 2. The molecule has 0 saturated carbocycles. The molecule has 0 N–H and O–H groups in total. The topological polar surface area (TPSA) is 170 Å². The summed E-state index contributed by atoms with van der Waals surface area (Å²) in [6.07, 6.45) is 10.7. The van der Waals surface area contributed by atoms with E-state index < -0.39 is 9.85 Å². The molecule has 0 heterocycles. The molecular formula is C54H56N6O6. The summed E-state index contributed by atoms with van der Waals surface area (Å²) in [5, 5.41) is 41.4. The molecule has 0 bridgehead atoms. The van der Waals surface area contributed by atoms with Gasteiger partial charge in [-0.05, 0) is 139 Å². The van der Waals surface area contributed by atoms with E-state index >= 15 is 0 Å². The maximum atomic E-state index is 13.5. The van der Waals surface area contributed by atoms with Gasteiger partial charge in [0.1, 0.15) is 0 Å². The van der Waals surface area contributed by atoms with Gasteiger partial charge in [-0.2, -0.15) is 20.5 Å². The summed E-state index contributed by atoms with van der Waals surface area (Å²) in [5.41, 5.74) is 7.79. The highest BCUT2D eigenvalue weighted by molar-refractivity contribution is 6.12. The molecule has 0 saturated heterocycles. The average molecular weight is 885 g/mol. The highest BCUT2D eigenvalue weighted by Gasteiger charge is 2.35. The summed E-state index contributed by atoms with van der Waals surface area (Å²) in [4.78, 5) is 49.4. The van der Waals surface area contributed by atoms with E-state index in [-0.39, 0.29) is 44.6 Å². The second kappa shape index (κ2) is 18.3. The third-order valence-electron chi connectivity index (χ3n) is 11.3. The predicted molar refractivity (Wildman–Crippen MR) is 261 cm³/mol. The Balaban J connectivity index is 1.48. The van der Waals surface area contributed by atoms with Crippen LogP contribution >= 0.6 is 0 Å². The van der Waals surface area contributed by atoms with E-state index in [0.717, 1.165) is 22.3 Å². The van der Waals surface area contributed by atoms with Crippen molar-refractivity contribution in [3.63, 3.8) is 0 Å². The number of benzene rings is 4. The number of azo groups is 2. The fourth-order valence-corrected chi connectivity index (χ4v) is 7.67. The van der Waals surface area contributed by atoms with Crippen LogP contribution in [-0.2, 0) is 9.59 Å². The standard InChI is InChI=1S/C54H56N6O6/c1-51(2,3)45-25-33(26-46(49(45)61)52(4,5)6)31-55-57-37-17-23-41(43(29-37)35-13-19-39(20-14-35)59(63)64)42-24-18-38(30-44(42)36-15-21-40(22-16-36)60(65)66)58-56-32-34-27-47(53(7,8)9)50(62)48(28-34)54(10,11)12/h13-32H,1-12H3. The lowest BCUT2D eigenvalue weighted by Gasteiger charge is -2.31. The molecule has 6 rings (SSSR count). The first-order valence-corrected chi connectivity index (χ1v) is 21.7. The molecule has 12 nitrogen and oxygen atoms in total. The first kappa shape index (κ1) is 48.1. The Labute approximate surface area is 386 Å². The maximum absolute atomic E-state index is 13.5. The van der Waals surface area contributed by atoms with Gasteiger partial charge in [0.05, 0.1) is 33.6 Å². The van der Waals surface area contributed by atoms with E-state index in [0.29, 0.717) is 55.9 Å². The number of hydrogen-bond donors (Lipinski definition) is 0. The quantitative estimate of drug-likeness (QED) is 0.0920. The Morgan fingerprint density at radius 2 is 0.712 bits per heavy atom. The molecule has 0 aromatic heterocycles. The molecule has 338 valence electrons. The smallest absolute Gasteiger partial charge is 0.269 e. The van der Waals surface area contributed by atoms with Crippen molar-refractivity contribution in [3.05, 3.63) is 175 Å². The van der Waals surface area contributed by atoms with Crippen molar-refractivity contribution in [3.8, 4) is 33.4 Å². The number of hydrogen-bond acceptors (Lipinski definition) is 10. The van der Waals surface area contributed by atoms with E-state index in [2.05, 4.69) is 20.5 Å². The van der Waals surface area contributed by atoms with Crippen LogP contribution in [0.25, 0.3) is 33.4 Å². The predicted octanol–water partition coefficient (Wildman–Crippen LogP) is 15.5. The molecule has 0 radical (unpaired) electrons. The second-order valence-electron chi connectivity index (χ2n) is 20.6. The van der Waals surface area contributed by atoms with Crippen molar-refractivity contribution >= 4 is 34.3 Å². The van der Waals surface area contributed by atoms with Crippen molar-refractivity contribution in [2.75, 3.05) is 0 Å². The van der Waals surface area contributed by atoms with Crippen LogP contribution in [-0.4, -0.2) is 21.4 Å². The summed E-state index contributed by atoms with van der Waals surface area (Å²) in [7, 11) is 0. The molecule has 12 heteroatoms. The highest BCUT2D eigenvalue weighted by Crippen LogP contribution is 2.44. The fraction of sp³-hybridized carbons (Fsp3) is 0.296. The molecule has 2 aliphatic rings. The van der Waals surface area contributed by atoms with Gasteiger partial charge in [0.15, 0.2) is 11.6 Å². The lowest BCUT2D eigenvalue weighted by Crippen LogP contribution is -2.27. The first-order valence-electron chi connectivity index (χ1n) is 21.7. The van der Waals surface area contributed by atoms with Gasteiger partial charge in [0.25, 0.3) is 11.4 Å². The van der Waals surface area contributed by atoms with E-state index in [1.54, 1.807) is 36.7 Å². The van der Waals surface area contributed by atoms with Gasteiger partial charge in [-0.3, -0.25) is 29.8 Å². The SMILES string of the molecule is CC(C)(C)C1=CC(=CN=Nc2ccc(-c3ccc(N=NC=C4C=C(C(C)(C)C)C(=O)C(C(C)(C)C)=C4)cc3-c3ccc([N+](=O)[O-])cc3)c(-c3ccc([N+](=O)[O-])cc3)c2)C=C(C(C)(C)C)C1=O. The number of nitrogens with zero attached hydrogens (tertiary/aromatic N) is 6. The van der Waals surface area contributed by atoms with Crippen LogP contribution < -0.4 is 0 Å². The normalized spacial score (nSPS) is 15.2. The lowest BCUT2D eigenvalue weighted by molar-refractivity contribution is -0.385. The monoisotopic (exact) mass is 884 g/mol. The van der Waals surface area contributed by atoms with Crippen LogP contribution in [0, 0.1) is 41.9 Å². The van der Waals surface area contributed by atoms with Crippen LogP contribution in [0.3, 0.4) is 0 Å². The zero-order chi connectivity index (χ0) is 48.5. The molecule has 66 heavy (non-hydrogen) atoms. The van der Waals surface area contributed by atoms with Gasteiger partial charge < -0.3 is 0 Å². The molecule has 4 aromatic carbocycles. The molecule has 2 aliphatic carbocycles. The number of Topliss-reactive ketones (excluding diaryl/α,β-unsaturated/α-hetero) is 2. The molecule has 0 aliphatic heterocycles. The Kier molecular flexibility index (Phi) is 13.3. The minimum Gasteiger partial charge on any atom is -0.289 e. The van der Waals surface area contributed by atoms with Gasteiger partial charge in [0, 0.05) is 46.6 Å². The highest BCUT2D eigenvalue weighted by atomic mass is 16.6. The number of ketones is 2. The van der Waals surface area contributed by atoms with E-state index in [1.807, 2.05) is 144 Å². The van der Waals surface area contributed by atoms with Gasteiger partial charge in [-0.15, -0.1) is 0 Å². The molecular weight excluding hydrogens is 829 g/mol. The molecule has 0 atom stereocenters. The second-order valence-corrected chi connectivity index (χ2v) is 20.6. The number of nitro benzene ring substituents is 2. The summed E-state index contributed by atoms with van der Waals surface area (Å²) in [5.74, 6) is 0.0396. The van der Waals surface area contributed by atoms with E-state index in [4.69, 9.17) is 0 Å². The molecule has 0 amide bonds. The third kappa shape index (κ3) is 10.9. The van der Waals surface area contributed by atoms with Crippen LogP contribution in [0.5, 0.6) is 0 Å². The van der Waals surface area contributed by atoms with Crippen molar-refractivity contribution in [1.82, 2.24) is 0 Å². The zero-order valence-corrected chi connectivity index (χ0v) is 39.7. The number of carbonyl (C=O) groups is 2. The van der Waals surface area contributed by atoms with Crippen LogP contribution in [0.15, 0.2) is 176 Å². The average Bonchev–Trinajstić information content (AvgIpc) is 3.23. The molecule has 0 spiro atoms. The van der Waals surface area contributed by atoms with E-state index in [9.17, 15) is 29.8 Å². The Morgan fingerprint density at radius 1 is 0.424 bits per heavy atom. The summed E-state index contributed by atoms with van der Waals surface area (Å²) in [6, 6.07) is 23.6. The minimum atomic E-state index is -0.454. The van der Waals surface area contributed by atoms with Crippen molar-refractivity contribution in [1.29, 1.82) is 0 Å². The van der Waals surface area contributed by atoms with Crippen molar-refractivity contribution in [2.24, 2.45) is 42.1 Å². The number of allylic oxidation sites excluding steroid dienone is 10. The van der Waals surface area contributed by atoms with Crippen LogP contribution in [0.4, 0.5) is 22.7 Å². The fourth-order valence-electron chi connectivity index (χ4n) is 7.67. The molecule has 4 aromatic rings. The van der Waals surface area contributed by atoms with Gasteiger partial charge in [-0.25, -0.2) is 0 Å². The summed E-state index contributed by atoms with van der Waals surface area (Å²) >= 11 is 0. The summed E-state index contributed by atoms with van der Waals surface area (Å²) in [6.45, 7) is 24.1. The largest absolute Gasteiger partial charge is 0.289 e. The Hall–Kier alpha value is -7.34. The first-order chi connectivity index (χ1) is 30.7. The lowest BCUT2D eigenvalue weighted by atomic mass is 9.72. The summed E-state index contributed by atoms with van der Waals surface area (Å²) < 4.78 is 0. The number of nitro groups is 2. The van der Waals surface area contributed by atoms with E-state index in [1.165, 1.54) is 24.3 Å². The number of carbonyl (C=O) groups excluding carboxylic acids is 2. The van der Waals surface area contributed by atoms with Gasteiger partial charge in [-0.1, -0.05) is 95.2 Å². The Bertz CT molecular complexity index is 2620. The van der Waals surface area contributed by atoms with Crippen molar-refractivity contribution in [2.45, 2.75) is 83.1 Å².